The zero-order valence-corrected chi connectivity index (χ0v) is 8.84. The molecule has 88 valence electrons. The third kappa shape index (κ3) is 2.44. The molecule has 1 rings (SSSR count). The van der Waals surface area contributed by atoms with Gasteiger partial charge in [0, 0.05) is 17.5 Å². The number of H-pyrrole nitrogens is 1. The van der Waals surface area contributed by atoms with E-state index < -0.39 is 23.4 Å². The number of halogens is 2. The van der Waals surface area contributed by atoms with Crippen LogP contribution in [0.2, 0.25) is 0 Å². The summed E-state index contributed by atoms with van der Waals surface area (Å²) < 4.78 is 29.7. The number of rotatable bonds is 3. The van der Waals surface area contributed by atoms with Gasteiger partial charge in [-0.05, 0) is 6.92 Å². The van der Waals surface area contributed by atoms with E-state index in [1.807, 2.05) is 0 Å². The molecule has 1 heterocycles. The molecule has 0 spiro atoms. The van der Waals surface area contributed by atoms with Gasteiger partial charge >= 0.3 is 5.97 Å². The van der Waals surface area contributed by atoms with E-state index in [-0.39, 0.29) is 17.7 Å². The van der Waals surface area contributed by atoms with Crippen molar-refractivity contribution in [3.8, 4) is 0 Å². The van der Waals surface area contributed by atoms with Crippen LogP contribution < -0.4 is 5.43 Å². The Labute approximate surface area is 90.2 Å². The molecule has 0 aromatic carbocycles. The van der Waals surface area contributed by atoms with Crippen LogP contribution >= 0.6 is 0 Å². The molecule has 1 aromatic rings. The summed E-state index contributed by atoms with van der Waals surface area (Å²) in [6.07, 6.45) is -1.98. The lowest BCUT2D eigenvalue weighted by Gasteiger charge is -2.08. The van der Waals surface area contributed by atoms with Gasteiger partial charge in [0.1, 0.15) is 0 Å². The third-order valence-corrected chi connectivity index (χ3v) is 2.16. The van der Waals surface area contributed by atoms with E-state index in [1.165, 1.54) is 13.1 Å². The maximum absolute atomic E-state index is 12.7. The molecule has 0 bridgehead atoms. The first-order valence-corrected chi connectivity index (χ1v) is 4.53. The quantitative estimate of drug-likeness (QED) is 0.798. The molecule has 0 fully saturated rings. The molecule has 0 amide bonds. The van der Waals surface area contributed by atoms with Gasteiger partial charge in [-0.2, -0.15) is 0 Å². The van der Waals surface area contributed by atoms with Crippen molar-refractivity contribution in [2.45, 2.75) is 19.8 Å². The number of nitrogens with one attached hydrogen (secondary N) is 1. The van der Waals surface area contributed by atoms with Crippen LogP contribution in [0.4, 0.5) is 8.78 Å². The lowest BCUT2D eigenvalue weighted by Crippen LogP contribution is -2.19. The lowest BCUT2D eigenvalue weighted by atomic mass is 10.1. The summed E-state index contributed by atoms with van der Waals surface area (Å²) in [6.45, 7) is 1.42. The molecule has 0 saturated heterocycles. The topological polar surface area (TPSA) is 59.2 Å². The number of alkyl halides is 2. The van der Waals surface area contributed by atoms with E-state index in [4.69, 9.17) is 0 Å². The summed E-state index contributed by atoms with van der Waals surface area (Å²) in [5.41, 5.74) is -1.32. The number of hydrogen-bond donors (Lipinski definition) is 1. The number of ether oxygens (including phenoxy) is 1. The largest absolute Gasteiger partial charge is 0.469 e. The first kappa shape index (κ1) is 12.4. The van der Waals surface area contributed by atoms with E-state index in [0.29, 0.717) is 0 Å². The molecule has 1 aromatic heterocycles. The van der Waals surface area contributed by atoms with Crippen LogP contribution in [0, 0.1) is 6.92 Å². The van der Waals surface area contributed by atoms with Crippen LogP contribution in [-0.2, 0) is 16.0 Å². The Balaban J connectivity index is 3.24. The number of pyridine rings is 1. The Kier molecular flexibility index (Phi) is 3.76. The Morgan fingerprint density at radius 3 is 2.69 bits per heavy atom. The maximum atomic E-state index is 12.7. The van der Waals surface area contributed by atoms with Crippen molar-refractivity contribution in [1.29, 1.82) is 0 Å². The molecule has 0 saturated carbocycles. The Morgan fingerprint density at radius 1 is 1.56 bits per heavy atom. The molecule has 6 heteroatoms. The summed E-state index contributed by atoms with van der Waals surface area (Å²) in [6, 6.07) is 0. The van der Waals surface area contributed by atoms with Crippen LogP contribution in [0.5, 0.6) is 0 Å². The van der Waals surface area contributed by atoms with Crippen molar-refractivity contribution < 1.29 is 18.3 Å². The van der Waals surface area contributed by atoms with Gasteiger partial charge in [0.25, 0.3) is 6.43 Å². The average Bonchev–Trinajstić information content (AvgIpc) is 2.23. The van der Waals surface area contributed by atoms with Crippen molar-refractivity contribution in [1.82, 2.24) is 4.98 Å². The molecule has 0 aliphatic heterocycles. The van der Waals surface area contributed by atoms with Crippen LogP contribution in [0.15, 0.2) is 11.0 Å². The van der Waals surface area contributed by atoms with E-state index in [0.717, 1.165) is 7.11 Å². The number of hydrogen-bond acceptors (Lipinski definition) is 3. The van der Waals surface area contributed by atoms with Crippen LogP contribution in [0.1, 0.15) is 23.2 Å². The highest BCUT2D eigenvalue weighted by Gasteiger charge is 2.20. The van der Waals surface area contributed by atoms with Gasteiger partial charge in [0.05, 0.1) is 19.1 Å². The number of carbonyl (C=O) groups excluding carboxylic acids is 1. The zero-order valence-electron chi connectivity index (χ0n) is 8.84. The van der Waals surface area contributed by atoms with Gasteiger partial charge in [-0.3, -0.25) is 9.59 Å². The summed E-state index contributed by atoms with van der Waals surface area (Å²) in [5.74, 6) is -0.679. The van der Waals surface area contributed by atoms with Gasteiger partial charge < -0.3 is 9.72 Å². The SMILES string of the molecule is COC(=O)Cc1[nH]cc(C)c(=O)c1C(F)F. The summed E-state index contributed by atoms with van der Waals surface area (Å²) in [4.78, 5) is 24.9. The fourth-order valence-electron chi connectivity index (χ4n) is 1.28. The third-order valence-electron chi connectivity index (χ3n) is 2.16. The molecule has 0 aliphatic carbocycles. The van der Waals surface area contributed by atoms with Crippen molar-refractivity contribution in [2.24, 2.45) is 0 Å². The molecule has 0 unspecified atom stereocenters. The van der Waals surface area contributed by atoms with Crippen LogP contribution in [0.3, 0.4) is 0 Å². The summed E-state index contributed by atoms with van der Waals surface area (Å²) in [7, 11) is 1.15. The smallest absolute Gasteiger partial charge is 0.311 e. The number of methoxy groups -OCH3 is 1. The first-order chi connectivity index (χ1) is 7.47. The number of aryl methyl sites for hydroxylation is 1. The Morgan fingerprint density at radius 2 is 2.19 bits per heavy atom. The fraction of sp³-hybridized carbons (Fsp3) is 0.400. The predicted molar refractivity (Wildman–Crippen MR) is 52.5 cm³/mol. The van der Waals surface area contributed by atoms with Crippen LogP contribution in [0.25, 0.3) is 0 Å². The van der Waals surface area contributed by atoms with Crippen molar-refractivity contribution in [3.63, 3.8) is 0 Å². The molecule has 0 radical (unpaired) electrons. The number of esters is 1. The second-order valence-electron chi connectivity index (χ2n) is 3.25. The first-order valence-electron chi connectivity index (χ1n) is 4.53. The molecule has 16 heavy (non-hydrogen) atoms. The monoisotopic (exact) mass is 231 g/mol. The Hall–Kier alpha value is -1.72. The normalized spacial score (nSPS) is 10.6. The molecular formula is C10H11F2NO3. The van der Waals surface area contributed by atoms with Crippen LogP contribution in [-0.4, -0.2) is 18.1 Å². The van der Waals surface area contributed by atoms with Gasteiger partial charge in [0.15, 0.2) is 5.43 Å². The van der Waals surface area contributed by atoms with Crippen molar-refractivity contribution >= 4 is 5.97 Å². The number of carbonyl (C=O) groups is 1. The molecule has 4 nitrogen and oxygen atoms in total. The fourth-order valence-corrected chi connectivity index (χ4v) is 1.28. The van der Waals surface area contributed by atoms with Gasteiger partial charge in [-0.25, -0.2) is 8.78 Å². The molecule has 1 N–H and O–H groups in total. The van der Waals surface area contributed by atoms with Gasteiger partial charge in [0.2, 0.25) is 0 Å². The number of aromatic nitrogens is 1. The van der Waals surface area contributed by atoms with E-state index in [1.54, 1.807) is 0 Å². The standard InChI is InChI=1S/C10H11F2NO3/c1-5-4-13-6(3-7(14)16-2)8(9(5)15)10(11)12/h4,10H,3H2,1-2H3,(H,13,15). The zero-order chi connectivity index (χ0) is 12.3. The second-order valence-corrected chi connectivity index (χ2v) is 3.25. The molecule has 0 aliphatic rings. The lowest BCUT2D eigenvalue weighted by molar-refractivity contribution is -0.139. The minimum absolute atomic E-state index is 0.0996. The van der Waals surface area contributed by atoms with E-state index in [2.05, 4.69) is 9.72 Å². The predicted octanol–water partition coefficient (Wildman–Crippen LogP) is 1.34. The summed E-state index contributed by atoms with van der Waals surface area (Å²) in [5, 5.41) is 0. The molecular weight excluding hydrogens is 220 g/mol. The minimum atomic E-state index is -2.91. The number of aromatic amines is 1. The minimum Gasteiger partial charge on any atom is -0.469 e. The van der Waals surface area contributed by atoms with Gasteiger partial charge in [-0.15, -0.1) is 0 Å². The summed E-state index contributed by atoms with van der Waals surface area (Å²) >= 11 is 0. The highest BCUT2D eigenvalue weighted by molar-refractivity contribution is 5.72. The van der Waals surface area contributed by atoms with Crippen molar-refractivity contribution in [2.75, 3.05) is 7.11 Å². The average molecular weight is 231 g/mol. The van der Waals surface area contributed by atoms with Gasteiger partial charge in [-0.1, -0.05) is 0 Å². The molecule has 0 atom stereocenters. The second kappa shape index (κ2) is 4.87. The van der Waals surface area contributed by atoms with Crippen molar-refractivity contribution in [3.05, 3.63) is 33.2 Å². The maximum Gasteiger partial charge on any atom is 0.311 e. The highest BCUT2D eigenvalue weighted by Crippen LogP contribution is 2.19. The van der Waals surface area contributed by atoms with E-state index >= 15 is 0 Å². The van der Waals surface area contributed by atoms with E-state index in [9.17, 15) is 18.4 Å². The highest BCUT2D eigenvalue weighted by atomic mass is 19.3. The Bertz CT molecular complexity index is 454.